The molecule has 2 aromatic carbocycles. The second-order valence-corrected chi connectivity index (χ2v) is 15.7. The summed E-state index contributed by atoms with van der Waals surface area (Å²) in [5, 5.41) is 26.2. The van der Waals surface area contributed by atoms with Gasteiger partial charge in [-0.1, -0.05) is 42.3 Å². The molecule has 2 saturated heterocycles. The molecule has 0 saturated carbocycles. The molecule has 2 fully saturated rings. The number of allylic oxidation sites excluding steroid dienone is 3. The van der Waals surface area contributed by atoms with Crippen molar-refractivity contribution in [2.24, 2.45) is 5.92 Å². The number of fused-ring (bicyclic) bond motifs is 5. The lowest BCUT2D eigenvalue weighted by Crippen LogP contribution is -2.63. The number of carbonyl (C=O) groups is 3. The summed E-state index contributed by atoms with van der Waals surface area (Å²) >= 11 is 6.78. The fraction of sp³-hybridized carbons (Fsp3) is 0.525. The van der Waals surface area contributed by atoms with Crippen LogP contribution in [0, 0.1) is 5.92 Å². The lowest BCUT2D eigenvalue weighted by atomic mass is 9.83. The summed E-state index contributed by atoms with van der Waals surface area (Å²) in [5.74, 6) is -2.14. The van der Waals surface area contributed by atoms with Crippen molar-refractivity contribution in [2.75, 3.05) is 38.9 Å². The predicted octanol–water partition coefficient (Wildman–Crippen LogP) is 5.22. The van der Waals surface area contributed by atoms with Crippen molar-refractivity contribution >= 4 is 40.9 Å². The second-order valence-electron chi connectivity index (χ2n) is 15.3. The number of epoxide rings is 1. The molecule has 318 valence electrons. The fourth-order valence-corrected chi connectivity index (χ4v) is 7.77. The van der Waals surface area contributed by atoms with Gasteiger partial charge in [0, 0.05) is 51.2 Å². The van der Waals surface area contributed by atoms with E-state index >= 15 is 0 Å². The molecule has 58 heavy (non-hydrogen) atoms. The molecule has 4 bridgehead atoms. The van der Waals surface area contributed by atoms with Crippen LogP contribution in [-0.4, -0.2) is 109 Å². The quantitative estimate of drug-likeness (QED) is 0.169. The molecule has 3 aliphatic rings. The van der Waals surface area contributed by atoms with Gasteiger partial charge in [-0.3, -0.25) is 10.1 Å². The van der Waals surface area contributed by atoms with Gasteiger partial charge in [0.25, 0.3) is 5.91 Å². The third-order valence-corrected chi connectivity index (χ3v) is 11.6. The maximum Gasteiger partial charge on any atom is 0.418 e. The van der Waals surface area contributed by atoms with E-state index in [1.54, 1.807) is 45.2 Å². The van der Waals surface area contributed by atoms with Gasteiger partial charge in [-0.05, 0) is 63.1 Å². The first kappa shape index (κ1) is 44.6. The molecular formula is C40H50ClF3N4O10. The van der Waals surface area contributed by atoms with Crippen molar-refractivity contribution in [3.05, 3.63) is 75.8 Å². The molecule has 5 N–H and O–H groups in total. The minimum atomic E-state index is -4.83. The number of nitrogens with two attached hydrogens (primary N) is 1. The van der Waals surface area contributed by atoms with Crippen molar-refractivity contribution < 1.29 is 61.5 Å². The Kier molecular flexibility index (Phi) is 13.0. The number of rotatable bonds is 6. The number of nitrogens with one attached hydrogen (secondary N) is 1. The summed E-state index contributed by atoms with van der Waals surface area (Å²) in [7, 11) is 5.68. The Bertz CT molecular complexity index is 1970. The number of amides is 2. The number of alkyl halides is 3. The molecule has 14 nitrogen and oxygen atoms in total. The van der Waals surface area contributed by atoms with E-state index in [-0.39, 0.29) is 23.4 Å². The van der Waals surface area contributed by atoms with Gasteiger partial charge in [0.15, 0.2) is 5.72 Å². The van der Waals surface area contributed by atoms with Gasteiger partial charge >= 0.3 is 18.2 Å². The standard InChI is InChI=1S/C40H50ClF3N4O10/c1-20-10-9-11-30(55-8)39(53)19-29(56-37(52)46-39)21(2)34-38(4,58-34)31(18-32(49)48(6)27-15-23(14-20)16-28(54-7)33(27)41)57-36(51)22(3)47(5)35(50)24-12-13-26(45)25(17-24)40(42,43)44/h9-13,15-17,21-22,29-32,34,49,53H,14,18-19,45H2,1-8H3,(H,46,52)/b11-9+,20-10+/t21-,22+,29+,30-,31+,32?,34+,38+,39+/m1/s1. The van der Waals surface area contributed by atoms with E-state index in [2.05, 4.69) is 5.32 Å². The Hall–Kier alpha value is -4.55. The molecule has 9 atom stereocenters. The highest BCUT2D eigenvalue weighted by atomic mass is 35.5. The van der Waals surface area contributed by atoms with E-state index in [4.69, 9.17) is 41.0 Å². The Morgan fingerprint density at radius 2 is 1.90 bits per heavy atom. The molecule has 2 amide bonds. The Labute approximate surface area is 339 Å². The number of alkyl carbamates (subject to hydrolysis) is 1. The summed E-state index contributed by atoms with van der Waals surface area (Å²) in [6.07, 6.45) is -5.82. The molecule has 0 spiro atoms. The van der Waals surface area contributed by atoms with Crippen LogP contribution in [0.1, 0.15) is 62.0 Å². The number of ether oxygens (including phenoxy) is 5. The fourth-order valence-electron chi connectivity index (χ4n) is 7.45. The molecule has 0 radical (unpaired) electrons. The van der Waals surface area contributed by atoms with Crippen LogP contribution < -0.4 is 20.7 Å². The zero-order chi connectivity index (χ0) is 43.1. The lowest BCUT2D eigenvalue weighted by molar-refractivity contribution is -0.158. The number of hydrogen-bond donors (Lipinski definition) is 4. The summed E-state index contributed by atoms with van der Waals surface area (Å²) in [4.78, 5) is 42.6. The van der Waals surface area contributed by atoms with E-state index in [0.717, 1.165) is 28.2 Å². The number of nitrogens with zero attached hydrogens (tertiary/aromatic N) is 2. The number of carbonyl (C=O) groups excluding carboxylic acids is 3. The third kappa shape index (κ3) is 9.18. The van der Waals surface area contributed by atoms with Crippen molar-refractivity contribution in [2.45, 2.75) is 101 Å². The van der Waals surface area contributed by atoms with Crippen molar-refractivity contribution in [3.8, 4) is 5.75 Å². The normalized spacial score (nSPS) is 31.0. The molecule has 2 aromatic rings. The number of aliphatic hydroxyl groups is 2. The van der Waals surface area contributed by atoms with Crippen LogP contribution in [0.4, 0.5) is 29.3 Å². The van der Waals surface area contributed by atoms with E-state index in [9.17, 15) is 37.8 Å². The van der Waals surface area contributed by atoms with E-state index in [0.29, 0.717) is 23.9 Å². The Morgan fingerprint density at radius 3 is 2.53 bits per heavy atom. The smallest absolute Gasteiger partial charge is 0.418 e. The Morgan fingerprint density at radius 1 is 1.21 bits per heavy atom. The molecule has 0 aliphatic carbocycles. The summed E-state index contributed by atoms with van der Waals surface area (Å²) < 4.78 is 69.9. The van der Waals surface area contributed by atoms with Crippen LogP contribution in [0.5, 0.6) is 5.75 Å². The van der Waals surface area contributed by atoms with Crippen LogP contribution in [0.25, 0.3) is 0 Å². The number of aliphatic hydroxyl groups excluding tert-OH is 1. The average Bonchev–Trinajstić information content (AvgIpc) is 3.86. The first-order valence-electron chi connectivity index (χ1n) is 18.5. The lowest BCUT2D eigenvalue weighted by Gasteiger charge is -2.42. The number of halogens is 4. The van der Waals surface area contributed by atoms with Gasteiger partial charge in [0.1, 0.15) is 47.0 Å². The van der Waals surface area contributed by atoms with Gasteiger partial charge in [0.2, 0.25) is 0 Å². The Balaban J connectivity index is 1.51. The molecule has 0 aromatic heterocycles. The van der Waals surface area contributed by atoms with Crippen molar-refractivity contribution in [1.82, 2.24) is 10.2 Å². The van der Waals surface area contributed by atoms with Gasteiger partial charge in [-0.25, -0.2) is 9.59 Å². The van der Waals surface area contributed by atoms with Crippen LogP contribution in [0.2, 0.25) is 5.02 Å². The van der Waals surface area contributed by atoms with Crippen LogP contribution in [0.15, 0.2) is 54.1 Å². The number of hydrogen-bond acceptors (Lipinski definition) is 12. The van der Waals surface area contributed by atoms with Crippen LogP contribution >= 0.6 is 11.6 Å². The highest BCUT2D eigenvalue weighted by Gasteiger charge is 2.64. The third-order valence-electron chi connectivity index (χ3n) is 11.2. The topological polar surface area (TPSA) is 186 Å². The van der Waals surface area contributed by atoms with Gasteiger partial charge < -0.3 is 49.4 Å². The van der Waals surface area contributed by atoms with Crippen LogP contribution in [0.3, 0.4) is 0 Å². The zero-order valence-corrected chi connectivity index (χ0v) is 34.2. The van der Waals surface area contributed by atoms with Crippen molar-refractivity contribution in [3.63, 3.8) is 0 Å². The molecule has 3 heterocycles. The number of anilines is 2. The molecule has 18 heteroatoms. The van der Waals surface area contributed by atoms with E-state index < -0.39 is 89.3 Å². The minimum absolute atomic E-state index is 0.119. The maximum absolute atomic E-state index is 13.9. The predicted molar refractivity (Wildman–Crippen MR) is 207 cm³/mol. The zero-order valence-electron chi connectivity index (χ0n) is 33.4. The highest BCUT2D eigenvalue weighted by molar-refractivity contribution is 6.34. The number of likely N-dealkylation sites (N-methyl/N-ethyl adjacent to an activating group) is 1. The van der Waals surface area contributed by atoms with Crippen LogP contribution in [-0.2, 0) is 36.3 Å². The average molecular weight is 839 g/mol. The summed E-state index contributed by atoms with van der Waals surface area (Å²) in [5.41, 5.74) is 2.25. The first-order chi connectivity index (χ1) is 27.0. The first-order valence-corrected chi connectivity index (χ1v) is 18.9. The van der Waals surface area contributed by atoms with E-state index in [1.165, 1.54) is 33.1 Å². The largest absolute Gasteiger partial charge is 0.495 e. The number of methoxy groups -OCH3 is 2. The van der Waals surface area contributed by atoms with Crippen molar-refractivity contribution in [1.29, 1.82) is 0 Å². The SMILES string of the molecule is COc1cc2cc(c1Cl)N(C)C(O)C[C@H](OC(=O)[C@H](C)N(C)C(=O)c1ccc(N)c(C(F)(F)F)c1)[C@]1(C)O[C@H]1[C@H](C)[C@@H]1C[C@@](O)(NC(=O)O1)[C@H](OC)/C=C/C=C(\C)C2. The van der Waals surface area contributed by atoms with Gasteiger partial charge in [0.05, 0.1) is 24.5 Å². The van der Waals surface area contributed by atoms with E-state index in [1.807, 2.05) is 13.0 Å². The second kappa shape index (κ2) is 17.0. The summed E-state index contributed by atoms with van der Waals surface area (Å²) in [6, 6.07) is 4.91. The number of nitrogen functional groups attached to an aromatic ring is 1. The monoisotopic (exact) mass is 838 g/mol. The molecule has 5 rings (SSSR count). The minimum Gasteiger partial charge on any atom is -0.495 e. The highest BCUT2D eigenvalue weighted by Crippen LogP contribution is 2.49. The molecule has 3 aliphatic heterocycles. The summed E-state index contributed by atoms with van der Waals surface area (Å²) in [6.45, 7) is 6.62. The number of esters is 1. The number of benzene rings is 2. The molecule has 1 unspecified atom stereocenters. The molecular weight excluding hydrogens is 789 g/mol. The van der Waals surface area contributed by atoms with Gasteiger partial charge in [-0.2, -0.15) is 13.2 Å². The van der Waals surface area contributed by atoms with Gasteiger partial charge in [-0.15, -0.1) is 0 Å². The maximum atomic E-state index is 13.9.